The summed E-state index contributed by atoms with van der Waals surface area (Å²) in [6.45, 7) is 12.1. The third-order valence-electron chi connectivity index (χ3n) is 3.75. The Kier molecular flexibility index (Phi) is 5.39. The van der Waals surface area contributed by atoms with Crippen molar-refractivity contribution in [2.75, 3.05) is 12.8 Å². The predicted octanol–water partition coefficient (Wildman–Crippen LogP) is 3.33. The van der Waals surface area contributed by atoms with Crippen LogP contribution in [0.15, 0.2) is 17.0 Å². The lowest BCUT2D eigenvalue weighted by molar-refractivity contribution is 0.423. The number of nitrogens with two attached hydrogens (primary N) is 1. The van der Waals surface area contributed by atoms with Crippen molar-refractivity contribution in [2.24, 2.45) is 5.73 Å². The molecule has 0 saturated heterocycles. The van der Waals surface area contributed by atoms with Crippen molar-refractivity contribution in [3.8, 4) is 5.75 Å². The fraction of sp³-hybridized carbons (Fsp3) is 0.556. The maximum Gasteiger partial charge on any atom is 0.172 e. The van der Waals surface area contributed by atoms with E-state index in [1.807, 2.05) is 53.7 Å². The minimum absolute atomic E-state index is 0.0462. The molecule has 0 radical (unpaired) electrons. The average molecular weight is 340 g/mol. The number of hydrogen-bond donors (Lipinski definition) is 2. The van der Waals surface area contributed by atoms with Gasteiger partial charge >= 0.3 is 0 Å². The SMILES string of the molecule is CC(C)(C)c1cc(/C=C(\CN)S(C)(=O)=O)cc(C(C)(C)C)c1O. The van der Waals surface area contributed by atoms with Crippen molar-refractivity contribution >= 4 is 15.9 Å². The van der Waals surface area contributed by atoms with Crippen molar-refractivity contribution in [1.82, 2.24) is 0 Å². The van der Waals surface area contributed by atoms with Crippen LogP contribution in [0.3, 0.4) is 0 Å². The molecule has 0 aliphatic carbocycles. The van der Waals surface area contributed by atoms with Crippen LogP contribution in [-0.2, 0) is 20.7 Å². The van der Waals surface area contributed by atoms with Crippen molar-refractivity contribution in [3.63, 3.8) is 0 Å². The van der Waals surface area contributed by atoms with Crippen molar-refractivity contribution < 1.29 is 13.5 Å². The smallest absolute Gasteiger partial charge is 0.172 e. The lowest BCUT2D eigenvalue weighted by Gasteiger charge is -2.28. The van der Waals surface area contributed by atoms with Gasteiger partial charge in [0.25, 0.3) is 0 Å². The zero-order valence-electron chi connectivity index (χ0n) is 15.2. The molecule has 3 N–H and O–H groups in total. The molecular formula is C18H29NO3S. The van der Waals surface area contributed by atoms with Crippen LogP contribution in [0.25, 0.3) is 6.08 Å². The first-order valence-electron chi connectivity index (χ1n) is 7.66. The molecular weight excluding hydrogens is 310 g/mol. The maximum absolute atomic E-state index is 11.8. The Morgan fingerprint density at radius 2 is 1.48 bits per heavy atom. The molecule has 0 atom stereocenters. The summed E-state index contributed by atoms with van der Waals surface area (Å²) in [5, 5.41) is 10.7. The molecule has 130 valence electrons. The Balaban J connectivity index is 3.73. The number of phenolic OH excluding ortho intramolecular Hbond substituents is 1. The van der Waals surface area contributed by atoms with E-state index in [9.17, 15) is 13.5 Å². The van der Waals surface area contributed by atoms with E-state index in [4.69, 9.17) is 5.73 Å². The quantitative estimate of drug-likeness (QED) is 0.885. The second kappa shape index (κ2) is 6.29. The molecule has 0 spiro atoms. The summed E-state index contributed by atoms with van der Waals surface area (Å²) in [6, 6.07) is 3.68. The molecule has 0 aliphatic rings. The number of aromatic hydroxyl groups is 1. The van der Waals surface area contributed by atoms with Crippen LogP contribution in [0.2, 0.25) is 0 Å². The molecule has 0 saturated carbocycles. The molecule has 0 heterocycles. The van der Waals surface area contributed by atoms with Crippen LogP contribution in [-0.4, -0.2) is 26.3 Å². The first kappa shape index (κ1) is 19.7. The molecule has 4 nitrogen and oxygen atoms in total. The van der Waals surface area contributed by atoms with E-state index in [1.165, 1.54) is 0 Å². The summed E-state index contributed by atoms with van der Waals surface area (Å²) in [7, 11) is -3.35. The van der Waals surface area contributed by atoms with Crippen LogP contribution in [0.1, 0.15) is 58.2 Å². The van der Waals surface area contributed by atoms with Crippen LogP contribution >= 0.6 is 0 Å². The second-order valence-corrected chi connectivity index (χ2v) is 10.1. The van der Waals surface area contributed by atoms with Crippen LogP contribution in [0.4, 0.5) is 0 Å². The van der Waals surface area contributed by atoms with Crippen LogP contribution in [0.5, 0.6) is 5.75 Å². The molecule has 0 aromatic heterocycles. The third-order valence-corrected chi connectivity index (χ3v) is 4.99. The Labute approximate surface area is 140 Å². The molecule has 0 fully saturated rings. The number of rotatable bonds is 3. The van der Waals surface area contributed by atoms with Crippen molar-refractivity contribution in [1.29, 1.82) is 0 Å². The molecule has 23 heavy (non-hydrogen) atoms. The highest BCUT2D eigenvalue weighted by Crippen LogP contribution is 2.40. The van der Waals surface area contributed by atoms with Gasteiger partial charge in [0.05, 0.1) is 4.91 Å². The van der Waals surface area contributed by atoms with Gasteiger partial charge in [0.15, 0.2) is 9.84 Å². The fourth-order valence-electron chi connectivity index (χ4n) is 2.39. The minimum atomic E-state index is -3.35. The summed E-state index contributed by atoms with van der Waals surface area (Å²) in [5.74, 6) is 0.274. The van der Waals surface area contributed by atoms with Gasteiger partial charge in [-0.05, 0) is 34.6 Å². The number of benzene rings is 1. The van der Waals surface area contributed by atoms with E-state index < -0.39 is 9.84 Å². The zero-order chi connectivity index (χ0) is 18.2. The Morgan fingerprint density at radius 1 is 1.09 bits per heavy atom. The minimum Gasteiger partial charge on any atom is -0.507 e. The second-order valence-electron chi connectivity index (χ2n) is 8.05. The van der Waals surface area contributed by atoms with E-state index in [2.05, 4.69) is 0 Å². The van der Waals surface area contributed by atoms with Gasteiger partial charge < -0.3 is 10.8 Å². The summed E-state index contributed by atoms with van der Waals surface area (Å²) in [5.41, 5.74) is 7.39. The molecule has 1 aromatic rings. The molecule has 1 rings (SSSR count). The van der Waals surface area contributed by atoms with Crippen LogP contribution < -0.4 is 5.73 Å². The first-order valence-corrected chi connectivity index (χ1v) is 9.55. The van der Waals surface area contributed by atoms with Gasteiger partial charge in [0.2, 0.25) is 0 Å². The topological polar surface area (TPSA) is 80.4 Å². The Bertz CT molecular complexity index is 683. The highest BCUT2D eigenvalue weighted by molar-refractivity contribution is 7.94. The highest BCUT2D eigenvalue weighted by atomic mass is 32.2. The van der Waals surface area contributed by atoms with E-state index in [0.29, 0.717) is 0 Å². The third kappa shape index (κ3) is 4.82. The fourth-order valence-corrected chi connectivity index (χ4v) is 3.04. The summed E-state index contributed by atoms with van der Waals surface area (Å²) in [4.78, 5) is 0.183. The van der Waals surface area contributed by atoms with Gasteiger partial charge in [-0.2, -0.15) is 0 Å². The molecule has 0 amide bonds. The summed E-state index contributed by atoms with van der Waals surface area (Å²) in [6.07, 6.45) is 2.75. The molecule has 0 aliphatic heterocycles. The van der Waals surface area contributed by atoms with Gasteiger partial charge in [-0.25, -0.2) is 8.42 Å². The van der Waals surface area contributed by atoms with E-state index in [1.54, 1.807) is 6.08 Å². The maximum atomic E-state index is 11.8. The van der Waals surface area contributed by atoms with E-state index in [0.717, 1.165) is 22.9 Å². The number of phenols is 1. The van der Waals surface area contributed by atoms with Gasteiger partial charge in [-0.15, -0.1) is 0 Å². The Morgan fingerprint density at radius 3 is 1.74 bits per heavy atom. The lowest BCUT2D eigenvalue weighted by Crippen LogP contribution is -2.18. The van der Waals surface area contributed by atoms with Gasteiger partial charge in [0, 0.05) is 23.9 Å². The molecule has 0 bridgehead atoms. The van der Waals surface area contributed by atoms with Gasteiger partial charge in [-0.1, -0.05) is 41.5 Å². The zero-order valence-corrected chi connectivity index (χ0v) is 16.0. The monoisotopic (exact) mass is 339 g/mol. The normalized spacial score (nSPS) is 14.2. The highest BCUT2D eigenvalue weighted by Gasteiger charge is 2.26. The van der Waals surface area contributed by atoms with Gasteiger partial charge in [-0.3, -0.25) is 0 Å². The number of hydrogen-bond acceptors (Lipinski definition) is 4. The lowest BCUT2D eigenvalue weighted by atomic mass is 9.78. The van der Waals surface area contributed by atoms with Crippen molar-refractivity contribution in [2.45, 2.75) is 52.4 Å². The predicted molar refractivity (Wildman–Crippen MR) is 97.4 cm³/mol. The standard InChI is InChI=1S/C18H29NO3S/c1-17(2,3)14-9-12(8-13(11-19)23(7,21)22)10-15(16(14)20)18(4,5)6/h8-10,20H,11,19H2,1-7H3/b13-8+. The molecule has 5 heteroatoms. The molecule has 0 unspecified atom stereocenters. The number of sulfone groups is 1. The van der Waals surface area contributed by atoms with Crippen LogP contribution in [0, 0.1) is 0 Å². The van der Waals surface area contributed by atoms with Gasteiger partial charge in [0.1, 0.15) is 5.75 Å². The molecule has 1 aromatic carbocycles. The summed E-state index contributed by atoms with van der Waals surface area (Å²) >= 11 is 0. The Hall–Kier alpha value is -1.33. The van der Waals surface area contributed by atoms with E-state index in [-0.39, 0.29) is 28.0 Å². The first-order chi connectivity index (χ1) is 10.2. The largest absolute Gasteiger partial charge is 0.507 e. The van der Waals surface area contributed by atoms with Crippen molar-refractivity contribution in [3.05, 3.63) is 33.7 Å². The summed E-state index contributed by atoms with van der Waals surface area (Å²) < 4.78 is 23.6. The van der Waals surface area contributed by atoms with E-state index >= 15 is 0 Å². The average Bonchev–Trinajstić information content (AvgIpc) is 2.32.